The Morgan fingerprint density at radius 2 is 1.89 bits per heavy atom. The second-order valence-electron chi connectivity index (χ2n) is 5.58. The molecule has 0 atom stereocenters. The Kier molecular flexibility index (Phi) is 5.81. The molecule has 3 rings (SSSR count). The molecule has 1 fully saturated rings. The van der Waals surface area contributed by atoms with E-state index in [0.717, 1.165) is 4.90 Å². The summed E-state index contributed by atoms with van der Waals surface area (Å²) in [4.78, 5) is 26.5. The lowest BCUT2D eigenvalue weighted by Gasteiger charge is -2.29. The van der Waals surface area contributed by atoms with Crippen LogP contribution in [0.3, 0.4) is 0 Å². The predicted octanol–water partition coefficient (Wildman–Crippen LogP) is 4.19. The van der Waals surface area contributed by atoms with Crippen LogP contribution in [-0.4, -0.2) is 29.1 Å². The number of phenolic OH excluding ortho intramolecular Hbond substituents is 1. The number of carbonyl (C=O) groups excluding carboxylic acids is 2. The lowest BCUT2D eigenvalue weighted by Crippen LogP contribution is -2.54. The molecule has 2 N–H and O–H groups in total. The third kappa shape index (κ3) is 3.66. The highest BCUT2D eigenvalue weighted by molar-refractivity contribution is 7.80. The molecule has 2 aromatic rings. The molecule has 0 saturated carbocycles. The summed E-state index contributed by atoms with van der Waals surface area (Å²) < 4.78 is 5.03. The zero-order chi connectivity index (χ0) is 20.6. The SMILES string of the molecule is COc1cc(/C=C2\C(=O)NC(=S)N(c3cccc(Cl)c3Cl)C2=O)cc(Cl)c1O. The predicted molar refractivity (Wildman–Crippen MR) is 112 cm³/mol. The molecule has 1 heterocycles. The smallest absolute Gasteiger partial charge is 0.270 e. The Balaban J connectivity index is 2.09. The van der Waals surface area contributed by atoms with Gasteiger partial charge in [0.1, 0.15) is 5.57 Å². The number of hydrogen-bond acceptors (Lipinski definition) is 5. The molecule has 1 saturated heterocycles. The second-order valence-corrected chi connectivity index (χ2v) is 7.16. The quantitative estimate of drug-likeness (QED) is 0.410. The van der Waals surface area contributed by atoms with E-state index in [1.165, 1.54) is 25.3 Å². The highest BCUT2D eigenvalue weighted by Gasteiger charge is 2.35. The first-order valence-electron chi connectivity index (χ1n) is 7.66. The van der Waals surface area contributed by atoms with Crippen molar-refractivity contribution >= 4 is 75.7 Å². The molecule has 144 valence electrons. The first kappa shape index (κ1) is 20.4. The van der Waals surface area contributed by atoms with Crippen molar-refractivity contribution in [1.82, 2.24) is 5.32 Å². The average Bonchev–Trinajstić information content (AvgIpc) is 2.64. The van der Waals surface area contributed by atoms with Crippen molar-refractivity contribution in [3.63, 3.8) is 0 Å². The number of halogens is 3. The van der Waals surface area contributed by atoms with Gasteiger partial charge in [-0.05, 0) is 48.1 Å². The summed E-state index contributed by atoms with van der Waals surface area (Å²) in [5.41, 5.74) is 0.382. The van der Waals surface area contributed by atoms with Gasteiger partial charge in [-0.2, -0.15) is 0 Å². The van der Waals surface area contributed by atoms with Gasteiger partial charge in [0.15, 0.2) is 16.6 Å². The van der Waals surface area contributed by atoms with Gasteiger partial charge in [-0.3, -0.25) is 19.8 Å². The molecule has 6 nitrogen and oxygen atoms in total. The third-order valence-electron chi connectivity index (χ3n) is 3.86. The normalized spacial score (nSPS) is 15.8. The summed E-state index contributed by atoms with van der Waals surface area (Å²) in [6, 6.07) is 7.53. The third-order valence-corrected chi connectivity index (χ3v) is 5.24. The van der Waals surface area contributed by atoms with E-state index in [9.17, 15) is 14.7 Å². The summed E-state index contributed by atoms with van der Waals surface area (Å²) in [5.74, 6) is -1.54. The molecule has 28 heavy (non-hydrogen) atoms. The van der Waals surface area contributed by atoms with Crippen molar-refractivity contribution < 1.29 is 19.4 Å². The molecule has 0 bridgehead atoms. The highest BCUT2D eigenvalue weighted by atomic mass is 35.5. The molecule has 1 aliphatic rings. The fraction of sp³-hybridized carbons (Fsp3) is 0.0556. The van der Waals surface area contributed by atoms with Gasteiger partial charge in [-0.25, -0.2) is 0 Å². The molecule has 0 aromatic heterocycles. The van der Waals surface area contributed by atoms with Gasteiger partial charge >= 0.3 is 0 Å². The number of ether oxygens (including phenoxy) is 1. The number of hydrogen-bond donors (Lipinski definition) is 2. The molecule has 0 radical (unpaired) electrons. The Morgan fingerprint density at radius 3 is 2.57 bits per heavy atom. The largest absolute Gasteiger partial charge is 0.503 e. The van der Waals surface area contributed by atoms with E-state index in [0.29, 0.717) is 5.56 Å². The number of amides is 2. The van der Waals surface area contributed by atoms with E-state index in [4.69, 9.17) is 51.8 Å². The van der Waals surface area contributed by atoms with Crippen LogP contribution in [0.15, 0.2) is 35.9 Å². The number of thiocarbonyl (C=S) groups is 1. The number of carbonyl (C=O) groups is 2. The Hall–Kier alpha value is -2.32. The average molecular weight is 458 g/mol. The van der Waals surface area contributed by atoms with Crippen LogP contribution in [0.25, 0.3) is 6.08 Å². The highest BCUT2D eigenvalue weighted by Crippen LogP contribution is 2.37. The Labute approximate surface area is 180 Å². The summed E-state index contributed by atoms with van der Waals surface area (Å²) in [5, 5.41) is 12.5. The van der Waals surface area contributed by atoms with E-state index in [-0.39, 0.29) is 42.9 Å². The number of rotatable bonds is 3. The van der Waals surface area contributed by atoms with Gasteiger partial charge in [-0.15, -0.1) is 0 Å². The molecular weight excluding hydrogens is 447 g/mol. The number of benzene rings is 2. The second kappa shape index (κ2) is 7.97. The van der Waals surface area contributed by atoms with Gasteiger partial charge < -0.3 is 9.84 Å². The van der Waals surface area contributed by atoms with Gasteiger partial charge in [-0.1, -0.05) is 40.9 Å². The molecule has 2 aromatic carbocycles. The fourth-order valence-electron chi connectivity index (χ4n) is 2.54. The Morgan fingerprint density at radius 1 is 1.18 bits per heavy atom. The summed E-state index contributed by atoms with van der Waals surface area (Å²) in [6.45, 7) is 0. The fourth-order valence-corrected chi connectivity index (χ4v) is 3.41. The minimum Gasteiger partial charge on any atom is -0.503 e. The zero-order valence-electron chi connectivity index (χ0n) is 14.1. The molecule has 10 heteroatoms. The molecule has 0 unspecified atom stereocenters. The van der Waals surface area contributed by atoms with Crippen molar-refractivity contribution in [2.75, 3.05) is 12.0 Å². The molecule has 1 aliphatic heterocycles. The maximum absolute atomic E-state index is 13.0. The van der Waals surface area contributed by atoms with Crippen LogP contribution >= 0.6 is 47.0 Å². The lowest BCUT2D eigenvalue weighted by atomic mass is 10.1. The van der Waals surface area contributed by atoms with Crippen LogP contribution in [0.5, 0.6) is 11.5 Å². The molecule has 0 aliphatic carbocycles. The number of aromatic hydroxyl groups is 1. The first-order chi connectivity index (χ1) is 13.2. The molecule has 2 amide bonds. The van der Waals surface area contributed by atoms with Gasteiger partial charge in [0.2, 0.25) is 0 Å². The van der Waals surface area contributed by atoms with E-state index >= 15 is 0 Å². The van der Waals surface area contributed by atoms with E-state index in [1.54, 1.807) is 18.2 Å². The van der Waals surface area contributed by atoms with Crippen LogP contribution in [0.4, 0.5) is 5.69 Å². The van der Waals surface area contributed by atoms with Crippen molar-refractivity contribution in [2.24, 2.45) is 0 Å². The number of methoxy groups -OCH3 is 1. The lowest BCUT2D eigenvalue weighted by molar-refractivity contribution is -0.122. The van der Waals surface area contributed by atoms with Crippen molar-refractivity contribution in [1.29, 1.82) is 0 Å². The van der Waals surface area contributed by atoms with Crippen LogP contribution in [-0.2, 0) is 9.59 Å². The summed E-state index contributed by atoms with van der Waals surface area (Å²) in [6.07, 6.45) is 1.30. The first-order valence-corrected chi connectivity index (χ1v) is 9.20. The topological polar surface area (TPSA) is 78.9 Å². The van der Waals surface area contributed by atoms with E-state index in [1.807, 2.05) is 0 Å². The van der Waals surface area contributed by atoms with Gasteiger partial charge in [0, 0.05) is 0 Å². The summed E-state index contributed by atoms with van der Waals surface area (Å²) in [7, 11) is 1.35. The van der Waals surface area contributed by atoms with Crippen molar-refractivity contribution in [3.05, 3.63) is 56.5 Å². The molecular formula is C18H11Cl3N2O4S. The van der Waals surface area contributed by atoms with E-state index < -0.39 is 11.8 Å². The minimum absolute atomic E-state index is 0.000120. The number of nitrogens with one attached hydrogen (secondary N) is 1. The number of anilines is 1. The number of phenols is 1. The van der Waals surface area contributed by atoms with Crippen LogP contribution in [0, 0.1) is 0 Å². The van der Waals surface area contributed by atoms with Gasteiger partial charge in [0.05, 0.1) is 27.9 Å². The zero-order valence-corrected chi connectivity index (χ0v) is 17.2. The van der Waals surface area contributed by atoms with Crippen LogP contribution in [0.2, 0.25) is 15.1 Å². The van der Waals surface area contributed by atoms with Gasteiger partial charge in [0.25, 0.3) is 11.8 Å². The maximum Gasteiger partial charge on any atom is 0.270 e. The Bertz CT molecular complexity index is 1060. The van der Waals surface area contributed by atoms with E-state index in [2.05, 4.69) is 5.32 Å². The standard InChI is InChI=1S/C18H11Cl3N2O4S/c1-27-13-7-8(6-11(20)15(13)24)5-9-16(25)22-18(28)23(17(9)26)12-4-2-3-10(19)14(12)21/h2-7,24H,1H3,(H,22,25,28)/b9-5+. The number of nitrogens with zero attached hydrogens (tertiary/aromatic N) is 1. The molecule has 0 spiro atoms. The monoisotopic (exact) mass is 456 g/mol. The minimum atomic E-state index is -0.693. The van der Waals surface area contributed by atoms with Crippen molar-refractivity contribution in [2.45, 2.75) is 0 Å². The van der Waals surface area contributed by atoms with Crippen LogP contribution in [0.1, 0.15) is 5.56 Å². The summed E-state index contributed by atoms with van der Waals surface area (Å²) >= 11 is 23.3. The van der Waals surface area contributed by atoms with Crippen LogP contribution < -0.4 is 15.0 Å². The van der Waals surface area contributed by atoms with Crippen molar-refractivity contribution in [3.8, 4) is 11.5 Å². The maximum atomic E-state index is 13.0.